The number of hydrogen-bond donors (Lipinski definition) is 1. The van der Waals surface area contributed by atoms with Crippen LogP contribution in [0.4, 0.5) is 5.69 Å². The molecule has 0 saturated heterocycles. The number of fused-ring (bicyclic) bond motifs is 1. The summed E-state index contributed by atoms with van der Waals surface area (Å²) in [6.45, 7) is 2.10. The molecule has 0 aliphatic rings. The summed E-state index contributed by atoms with van der Waals surface area (Å²) in [6, 6.07) is 24.9. The summed E-state index contributed by atoms with van der Waals surface area (Å²) in [4.78, 5) is 17.8. The Morgan fingerprint density at radius 3 is 2.43 bits per heavy atom. The summed E-state index contributed by atoms with van der Waals surface area (Å²) < 4.78 is 0. The average molecular weight is 387 g/mol. The lowest BCUT2D eigenvalue weighted by atomic mass is 10.0. The van der Waals surface area contributed by atoms with Gasteiger partial charge in [-0.05, 0) is 42.3 Å². The van der Waals surface area contributed by atoms with Crippen molar-refractivity contribution in [1.29, 1.82) is 0 Å². The van der Waals surface area contributed by atoms with Crippen molar-refractivity contribution in [3.8, 4) is 11.3 Å². The van der Waals surface area contributed by atoms with Crippen LogP contribution in [0.5, 0.6) is 0 Å². The molecule has 28 heavy (non-hydrogen) atoms. The van der Waals surface area contributed by atoms with Gasteiger partial charge < -0.3 is 5.32 Å². The molecule has 0 bridgehead atoms. The van der Waals surface area contributed by atoms with Crippen LogP contribution in [0, 0.1) is 0 Å². The van der Waals surface area contributed by atoms with E-state index in [-0.39, 0.29) is 5.91 Å². The number of halogens is 1. The van der Waals surface area contributed by atoms with E-state index in [1.807, 2.05) is 72.8 Å². The summed E-state index contributed by atoms with van der Waals surface area (Å²) in [5, 5.41) is 4.41. The SMILES string of the molecule is CCc1ccc(NC(=O)c2cc(-c3ccccc3Cl)nc3ccccc23)cc1. The first-order valence-electron chi connectivity index (χ1n) is 9.20. The quantitative estimate of drug-likeness (QED) is 0.442. The molecule has 3 aromatic carbocycles. The molecule has 138 valence electrons. The number of aromatic nitrogens is 1. The standard InChI is InChI=1S/C24H19ClN2O/c1-2-16-11-13-17(14-12-16)26-24(28)20-15-23(19-8-3-5-9-21(19)25)27-22-10-6-4-7-18(20)22/h3-15H,2H2,1H3,(H,26,28). The van der Waals surface area contributed by atoms with Gasteiger partial charge >= 0.3 is 0 Å². The Morgan fingerprint density at radius 1 is 0.964 bits per heavy atom. The molecule has 0 unspecified atom stereocenters. The number of aryl methyl sites for hydroxylation is 1. The van der Waals surface area contributed by atoms with Crippen LogP contribution in [0.25, 0.3) is 22.2 Å². The van der Waals surface area contributed by atoms with E-state index >= 15 is 0 Å². The molecular formula is C24H19ClN2O. The normalized spacial score (nSPS) is 10.8. The highest BCUT2D eigenvalue weighted by Gasteiger charge is 2.15. The summed E-state index contributed by atoms with van der Waals surface area (Å²) in [6.07, 6.45) is 0.963. The Morgan fingerprint density at radius 2 is 1.68 bits per heavy atom. The second-order valence-electron chi connectivity index (χ2n) is 6.56. The molecule has 0 fully saturated rings. The van der Waals surface area contributed by atoms with Gasteiger partial charge in [-0.25, -0.2) is 4.98 Å². The maximum absolute atomic E-state index is 13.1. The summed E-state index contributed by atoms with van der Waals surface area (Å²) >= 11 is 6.36. The van der Waals surface area contributed by atoms with E-state index in [0.29, 0.717) is 16.3 Å². The van der Waals surface area contributed by atoms with Crippen molar-refractivity contribution in [2.45, 2.75) is 13.3 Å². The number of nitrogens with one attached hydrogen (secondary N) is 1. The van der Waals surface area contributed by atoms with E-state index < -0.39 is 0 Å². The van der Waals surface area contributed by atoms with Crippen molar-refractivity contribution in [1.82, 2.24) is 4.98 Å². The molecule has 0 aliphatic carbocycles. The minimum absolute atomic E-state index is 0.170. The molecule has 4 aromatic rings. The van der Waals surface area contributed by atoms with E-state index in [0.717, 1.165) is 28.6 Å². The number of para-hydroxylation sites is 1. The monoisotopic (exact) mass is 386 g/mol. The Bertz CT molecular complexity index is 1150. The van der Waals surface area contributed by atoms with Crippen LogP contribution in [0.1, 0.15) is 22.8 Å². The van der Waals surface area contributed by atoms with Gasteiger partial charge in [0.1, 0.15) is 0 Å². The van der Waals surface area contributed by atoms with Gasteiger partial charge in [-0.15, -0.1) is 0 Å². The van der Waals surface area contributed by atoms with Crippen LogP contribution in [0.15, 0.2) is 78.9 Å². The zero-order valence-corrected chi connectivity index (χ0v) is 16.2. The summed E-state index contributed by atoms with van der Waals surface area (Å²) in [5.74, 6) is -0.170. The smallest absolute Gasteiger partial charge is 0.256 e. The number of pyridine rings is 1. The Hall–Kier alpha value is -3.17. The molecule has 0 atom stereocenters. The van der Waals surface area contributed by atoms with Crippen molar-refractivity contribution in [3.05, 3.63) is 95.0 Å². The van der Waals surface area contributed by atoms with Gasteiger partial charge in [0.25, 0.3) is 5.91 Å². The molecule has 1 aromatic heterocycles. The molecule has 1 heterocycles. The van der Waals surface area contributed by atoms with Crippen LogP contribution in [-0.4, -0.2) is 10.9 Å². The van der Waals surface area contributed by atoms with E-state index in [1.54, 1.807) is 6.07 Å². The second kappa shape index (κ2) is 7.83. The molecule has 4 rings (SSSR count). The zero-order chi connectivity index (χ0) is 19.5. The number of nitrogens with zero attached hydrogens (tertiary/aromatic N) is 1. The fourth-order valence-corrected chi connectivity index (χ4v) is 3.42. The van der Waals surface area contributed by atoms with E-state index in [1.165, 1.54) is 5.56 Å². The lowest BCUT2D eigenvalue weighted by Gasteiger charge is -2.11. The van der Waals surface area contributed by atoms with Crippen molar-refractivity contribution < 1.29 is 4.79 Å². The number of anilines is 1. The van der Waals surface area contributed by atoms with Crippen molar-refractivity contribution >= 4 is 34.1 Å². The molecule has 0 spiro atoms. The fraction of sp³-hybridized carbons (Fsp3) is 0.0833. The number of rotatable bonds is 4. The van der Waals surface area contributed by atoms with Crippen LogP contribution >= 0.6 is 11.6 Å². The topological polar surface area (TPSA) is 42.0 Å². The fourth-order valence-electron chi connectivity index (χ4n) is 3.19. The first-order chi connectivity index (χ1) is 13.7. The number of hydrogen-bond acceptors (Lipinski definition) is 2. The number of amides is 1. The Kier molecular flexibility index (Phi) is 5.09. The van der Waals surface area contributed by atoms with Crippen molar-refractivity contribution in [2.24, 2.45) is 0 Å². The first-order valence-corrected chi connectivity index (χ1v) is 9.58. The highest BCUT2D eigenvalue weighted by Crippen LogP contribution is 2.30. The predicted octanol–water partition coefficient (Wildman–Crippen LogP) is 6.37. The van der Waals surface area contributed by atoms with Crippen molar-refractivity contribution in [2.75, 3.05) is 5.32 Å². The van der Waals surface area contributed by atoms with Gasteiger partial charge in [0.05, 0.1) is 16.8 Å². The van der Waals surface area contributed by atoms with Gasteiger partial charge in [0.15, 0.2) is 0 Å². The van der Waals surface area contributed by atoms with E-state index in [2.05, 4.69) is 12.2 Å². The Balaban J connectivity index is 1.78. The van der Waals surface area contributed by atoms with Crippen molar-refractivity contribution in [3.63, 3.8) is 0 Å². The van der Waals surface area contributed by atoms with Gasteiger partial charge in [0.2, 0.25) is 0 Å². The number of carbonyl (C=O) groups excluding carboxylic acids is 1. The Labute approximate surface area is 169 Å². The minimum atomic E-state index is -0.170. The predicted molar refractivity (Wildman–Crippen MR) is 116 cm³/mol. The third kappa shape index (κ3) is 3.62. The summed E-state index contributed by atoms with van der Waals surface area (Å²) in [5.41, 5.74) is 4.80. The second-order valence-corrected chi connectivity index (χ2v) is 6.96. The number of carbonyl (C=O) groups is 1. The third-order valence-electron chi connectivity index (χ3n) is 4.73. The number of benzene rings is 3. The van der Waals surface area contributed by atoms with Gasteiger partial charge in [-0.1, -0.05) is 67.1 Å². The molecule has 0 aliphatic heterocycles. The van der Waals surface area contributed by atoms with Gasteiger partial charge in [0, 0.05) is 21.7 Å². The molecule has 1 N–H and O–H groups in total. The highest BCUT2D eigenvalue weighted by atomic mass is 35.5. The molecule has 3 nitrogen and oxygen atoms in total. The molecular weight excluding hydrogens is 368 g/mol. The van der Waals surface area contributed by atoms with Crippen LogP contribution in [-0.2, 0) is 6.42 Å². The molecule has 1 amide bonds. The first kappa shape index (κ1) is 18.2. The minimum Gasteiger partial charge on any atom is -0.322 e. The van der Waals surface area contributed by atoms with E-state index in [9.17, 15) is 4.79 Å². The zero-order valence-electron chi connectivity index (χ0n) is 15.4. The van der Waals surface area contributed by atoms with Crippen LogP contribution in [0.3, 0.4) is 0 Å². The molecule has 0 radical (unpaired) electrons. The highest BCUT2D eigenvalue weighted by molar-refractivity contribution is 6.33. The lowest BCUT2D eigenvalue weighted by Crippen LogP contribution is -2.13. The average Bonchev–Trinajstić information content (AvgIpc) is 2.74. The lowest BCUT2D eigenvalue weighted by molar-refractivity contribution is 0.102. The maximum Gasteiger partial charge on any atom is 0.256 e. The molecule has 4 heteroatoms. The summed E-state index contributed by atoms with van der Waals surface area (Å²) in [7, 11) is 0. The van der Waals surface area contributed by atoms with E-state index in [4.69, 9.17) is 16.6 Å². The van der Waals surface area contributed by atoms with Gasteiger partial charge in [-0.2, -0.15) is 0 Å². The molecule has 0 saturated carbocycles. The van der Waals surface area contributed by atoms with Crippen LogP contribution in [0.2, 0.25) is 5.02 Å². The van der Waals surface area contributed by atoms with Gasteiger partial charge in [-0.3, -0.25) is 4.79 Å². The maximum atomic E-state index is 13.1. The largest absolute Gasteiger partial charge is 0.322 e. The van der Waals surface area contributed by atoms with Crippen LogP contribution < -0.4 is 5.32 Å². The third-order valence-corrected chi connectivity index (χ3v) is 5.06.